The first kappa shape index (κ1) is 16.2. The summed E-state index contributed by atoms with van der Waals surface area (Å²) in [5.74, 6) is -0.848. The molecule has 2 amide bonds. The number of amides is 2. The van der Waals surface area contributed by atoms with Crippen LogP contribution >= 0.6 is 0 Å². The van der Waals surface area contributed by atoms with Crippen LogP contribution in [0, 0.1) is 19.7 Å². The molecule has 1 fully saturated rings. The van der Waals surface area contributed by atoms with E-state index in [0.29, 0.717) is 6.54 Å². The van der Waals surface area contributed by atoms with Crippen molar-refractivity contribution in [3.05, 3.63) is 65.0 Å². The SMILES string of the molecule is Cc1ccc(N2CC(NC(=O)c3cccc(F)c3)CC2=O)cc1C. The zero-order chi connectivity index (χ0) is 17.3. The summed E-state index contributed by atoms with van der Waals surface area (Å²) in [4.78, 5) is 26.1. The number of anilines is 1. The number of halogens is 1. The maximum atomic E-state index is 13.2. The molecule has 1 unspecified atom stereocenters. The van der Waals surface area contributed by atoms with Gasteiger partial charge >= 0.3 is 0 Å². The Morgan fingerprint density at radius 3 is 2.67 bits per heavy atom. The Hall–Kier alpha value is -2.69. The Kier molecular flexibility index (Phi) is 4.34. The van der Waals surface area contributed by atoms with Crippen LogP contribution in [-0.2, 0) is 4.79 Å². The number of benzene rings is 2. The number of aryl methyl sites for hydroxylation is 2. The second-order valence-corrected chi connectivity index (χ2v) is 6.16. The summed E-state index contributed by atoms with van der Waals surface area (Å²) in [5.41, 5.74) is 3.38. The molecule has 0 saturated carbocycles. The van der Waals surface area contributed by atoms with Gasteiger partial charge in [-0.3, -0.25) is 9.59 Å². The highest BCUT2D eigenvalue weighted by atomic mass is 19.1. The monoisotopic (exact) mass is 326 g/mol. The molecule has 1 aliphatic heterocycles. The summed E-state index contributed by atoms with van der Waals surface area (Å²) in [6, 6.07) is 11.1. The maximum absolute atomic E-state index is 13.2. The van der Waals surface area contributed by atoms with Crippen LogP contribution in [0.4, 0.5) is 10.1 Å². The van der Waals surface area contributed by atoms with Crippen molar-refractivity contribution in [2.45, 2.75) is 26.3 Å². The minimum Gasteiger partial charge on any atom is -0.347 e. The average molecular weight is 326 g/mol. The van der Waals surface area contributed by atoms with E-state index in [1.54, 1.807) is 11.0 Å². The van der Waals surface area contributed by atoms with E-state index in [0.717, 1.165) is 11.3 Å². The lowest BCUT2D eigenvalue weighted by Crippen LogP contribution is -2.37. The number of hydrogen-bond donors (Lipinski definition) is 1. The zero-order valence-corrected chi connectivity index (χ0v) is 13.7. The third kappa shape index (κ3) is 3.30. The lowest BCUT2D eigenvalue weighted by Gasteiger charge is -2.18. The van der Waals surface area contributed by atoms with E-state index < -0.39 is 5.82 Å². The second kappa shape index (κ2) is 6.43. The van der Waals surface area contributed by atoms with Gasteiger partial charge in [-0.15, -0.1) is 0 Å². The predicted octanol–water partition coefficient (Wildman–Crippen LogP) is 2.98. The average Bonchev–Trinajstić information content (AvgIpc) is 2.90. The Balaban J connectivity index is 1.70. The minimum atomic E-state index is -0.457. The quantitative estimate of drug-likeness (QED) is 0.943. The van der Waals surface area contributed by atoms with Gasteiger partial charge in [0.2, 0.25) is 5.91 Å². The third-order valence-electron chi connectivity index (χ3n) is 4.35. The van der Waals surface area contributed by atoms with Crippen LogP contribution < -0.4 is 10.2 Å². The molecule has 1 aliphatic rings. The Labute approximate surface area is 140 Å². The molecule has 1 N–H and O–H groups in total. The fraction of sp³-hybridized carbons (Fsp3) is 0.263. The van der Waals surface area contributed by atoms with Crippen LogP contribution in [0.5, 0.6) is 0 Å². The normalized spacial score (nSPS) is 17.2. The lowest BCUT2D eigenvalue weighted by atomic mass is 10.1. The van der Waals surface area contributed by atoms with E-state index in [1.165, 1.54) is 23.8 Å². The fourth-order valence-electron chi connectivity index (χ4n) is 2.85. The molecule has 1 atom stereocenters. The van der Waals surface area contributed by atoms with E-state index in [9.17, 15) is 14.0 Å². The molecule has 1 heterocycles. The van der Waals surface area contributed by atoms with Crippen molar-refractivity contribution in [3.8, 4) is 0 Å². The summed E-state index contributed by atoms with van der Waals surface area (Å²) in [7, 11) is 0. The van der Waals surface area contributed by atoms with Crippen molar-refractivity contribution in [2.75, 3.05) is 11.4 Å². The molecule has 0 aliphatic carbocycles. The summed E-state index contributed by atoms with van der Waals surface area (Å²) in [6.07, 6.45) is 0.244. The van der Waals surface area contributed by atoms with Gasteiger partial charge in [0, 0.05) is 24.2 Å². The van der Waals surface area contributed by atoms with Crippen LogP contribution in [0.2, 0.25) is 0 Å². The van der Waals surface area contributed by atoms with Gasteiger partial charge in [-0.2, -0.15) is 0 Å². The van der Waals surface area contributed by atoms with Gasteiger partial charge in [0.15, 0.2) is 0 Å². The van der Waals surface area contributed by atoms with Crippen molar-refractivity contribution in [3.63, 3.8) is 0 Å². The largest absolute Gasteiger partial charge is 0.347 e. The van der Waals surface area contributed by atoms with Crippen LogP contribution in [0.1, 0.15) is 27.9 Å². The molecule has 0 bridgehead atoms. The number of rotatable bonds is 3. The first-order chi connectivity index (χ1) is 11.4. The number of carbonyl (C=O) groups excluding carboxylic acids is 2. The Morgan fingerprint density at radius 1 is 1.17 bits per heavy atom. The smallest absolute Gasteiger partial charge is 0.251 e. The minimum absolute atomic E-state index is 0.0252. The van der Waals surface area contributed by atoms with Gasteiger partial charge < -0.3 is 10.2 Å². The van der Waals surface area contributed by atoms with Crippen molar-refractivity contribution in [1.29, 1.82) is 0 Å². The van der Waals surface area contributed by atoms with E-state index >= 15 is 0 Å². The van der Waals surface area contributed by atoms with E-state index in [2.05, 4.69) is 5.32 Å². The van der Waals surface area contributed by atoms with E-state index in [1.807, 2.05) is 32.0 Å². The first-order valence-corrected chi connectivity index (χ1v) is 7.88. The number of carbonyl (C=O) groups is 2. The van der Waals surface area contributed by atoms with Crippen LogP contribution in [-0.4, -0.2) is 24.4 Å². The molecule has 0 radical (unpaired) electrons. The van der Waals surface area contributed by atoms with Gasteiger partial charge in [-0.25, -0.2) is 4.39 Å². The maximum Gasteiger partial charge on any atom is 0.251 e. The number of hydrogen-bond acceptors (Lipinski definition) is 2. The van der Waals surface area contributed by atoms with Crippen molar-refractivity contribution in [2.24, 2.45) is 0 Å². The van der Waals surface area contributed by atoms with E-state index in [4.69, 9.17) is 0 Å². The zero-order valence-electron chi connectivity index (χ0n) is 13.7. The molecular weight excluding hydrogens is 307 g/mol. The molecule has 24 heavy (non-hydrogen) atoms. The van der Waals surface area contributed by atoms with Gasteiger partial charge in [0.1, 0.15) is 5.82 Å². The fourth-order valence-corrected chi connectivity index (χ4v) is 2.85. The van der Waals surface area contributed by atoms with Crippen LogP contribution in [0.15, 0.2) is 42.5 Å². The predicted molar refractivity (Wildman–Crippen MR) is 90.5 cm³/mol. The Morgan fingerprint density at radius 2 is 1.96 bits per heavy atom. The second-order valence-electron chi connectivity index (χ2n) is 6.16. The van der Waals surface area contributed by atoms with Gasteiger partial charge in [0.25, 0.3) is 5.91 Å². The number of nitrogens with one attached hydrogen (secondary N) is 1. The van der Waals surface area contributed by atoms with Crippen LogP contribution in [0.25, 0.3) is 0 Å². The van der Waals surface area contributed by atoms with Crippen molar-refractivity contribution < 1.29 is 14.0 Å². The molecule has 0 aromatic heterocycles. The summed E-state index contributed by atoms with van der Waals surface area (Å²) >= 11 is 0. The van der Waals surface area contributed by atoms with Gasteiger partial charge in [-0.1, -0.05) is 12.1 Å². The molecular formula is C19H19FN2O2. The van der Waals surface area contributed by atoms with Crippen LogP contribution in [0.3, 0.4) is 0 Å². The molecule has 1 saturated heterocycles. The van der Waals surface area contributed by atoms with Crippen molar-refractivity contribution in [1.82, 2.24) is 5.32 Å². The summed E-state index contributed by atoms with van der Waals surface area (Å²) in [6.45, 7) is 4.44. The van der Waals surface area contributed by atoms with Gasteiger partial charge in [0.05, 0.1) is 6.04 Å². The third-order valence-corrected chi connectivity index (χ3v) is 4.35. The lowest BCUT2D eigenvalue weighted by molar-refractivity contribution is -0.117. The summed E-state index contributed by atoms with van der Waals surface area (Å²) < 4.78 is 13.2. The highest BCUT2D eigenvalue weighted by Gasteiger charge is 2.31. The van der Waals surface area contributed by atoms with Crippen molar-refractivity contribution >= 4 is 17.5 Å². The highest BCUT2D eigenvalue weighted by Crippen LogP contribution is 2.24. The topological polar surface area (TPSA) is 49.4 Å². The number of nitrogens with zero attached hydrogens (tertiary/aromatic N) is 1. The molecule has 2 aromatic rings. The standard InChI is InChI=1S/C19H19FN2O2/c1-12-6-7-17(8-13(12)2)22-11-16(10-18(22)23)21-19(24)14-4-3-5-15(20)9-14/h3-9,16H,10-11H2,1-2H3,(H,21,24). The molecule has 3 rings (SSSR count). The molecule has 5 heteroatoms. The highest BCUT2D eigenvalue weighted by molar-refractivity contribution is 5.99. The molecule has 4 nitrogen and oxygen atoms in total. The molecule has 124 valence electrons. The molecule has 0 spiro atoms. The van der Waals surface area contributed by atoms with E-state index in [-0.39, 0.29) is 29.8 Å². The molecule has 2 aromatic carbocycles. The first-order valence-electron chi connectivity index (χ1n) is 7.88. The van der Waals surface area contributed by atoms with Gasteiger partial charge in [-0.05, 0) is 55.3 Å². The Bertz CT molecular complexity index is 804. The summed E-state index contributed by atoms with van der Waals surface area (Å²) in [5, 5.41) is 2.81.